The lowest BCUT2D eigenvalue weighted by molar-refractivity contribution is -0.117. The largest absolute Gasteiger partial charge is 0.474 e. The van der Waals surface area contributed by atoms with Crippen molar-refractivity contribution in [3.05, 3.63) is 53.5 Å². The first-order valence-electron chi connectivity index (χ1n) is 9.90. The molecule has 0 N–H and O–H groups in total. The summed E-state index contributed by atoms with van der Waals surface area (Å²) in [5.74, 6) is 0.478. The fourth-order valence-electron chi connectivity index (χ4n) is 4.37. The third-order valence-corrected chi connectivity index (χ3v) is 6.00. The van der Waals surface area contributed by atoms with Crippen molar-refractivity contribution in [3.63, 3.8) is 0 Å². The Morgan fingerprint density at radius 2 is 1.93 bits per heavy atom. The van der Waals surface area contributed by atoms with Gasteiger partial charge in [0.25, 0.3) is 0 Å². The van der Waals surface area contributed by atoms with E-state index in [4.69, 9.17) is 16.3 Å². The normalized spacial score (nSPS) is 19.8. The fourth-order valence-corrected chi connectivity index (χ4v) is 4.50. The number of nitrogens with zero attached hydrogens (tertiary/aromatic N) is 2. The topological polar surface area (TPSA) is 42.4 Å². The van der Waals surface area contributed by atoms with E-state index in [0.717, 1.165) is 24.0 Å². The van der Waals surface area contributed by atoms with Gasteiger partial charge in [-0.05, 0) is 54.5 Å². The molecule has 1 amide bonds. The highest BCUT2D eigenvalue weighted by atomic mass is 35.5. The number of hydrogen-bond donors (Lipinski definition) is 0. The summed E-state index contributed by atoms with van der Waals surface area (Å²) in [7, 11) is 0. The lowest BCUT2D eigenvalue weighted by Gasteiger charge is -2.41. The highest BCUT2D eigenvalue weighted by molar-refractivity contribution is 6.29. The van der Waals surface area contributed by atoms with Gasteiger partial charge in [0.05, 0.1) is 6.04 Å². The van der Waals surface area contributed by atoms with Crippen LogP contribution in [0, 0.1) is 11.7 Å². The lowest BCUT2D eigenvalue weighted by atomic mass is 9.83. The molecule has 2 aromatic rings. The van der Waals surface area contributed by atoms with E-state index in [1.807, 2.05) is 11.0 Å². The summed E-state index contributed by atoms with van der Waals surface area (Å²) >= 11 is 5.95. The highest BCUT2D eigenvalue weighted by Gasteiger charge is 2.38. The van der Waals surface area contributed by atoms with Gasteiger partial charge in [0.2, 0.25) is 11.8 Å². The standard InChI is InChI=1S/C22H24ClFN2O2/c23-12-21(27)26-19-11-16(10-15-6-8-18(24)9-7-15)13-25-22(19)28-14-20(26)17-4-2-1-3-5-17/h6-9,11,13,17,20H,1-5,10,12,14H2/t20-/m1/s1. The van der Waals surface area contributed by atoms with Gasteiger partial charge in [-0.25, -0.2) is 9.37 Å². The van der Waals surface area contributed by atoms with Crippen LogP contribution < -0.4 is 9.64 Å². The minimum absolute atomic E-state index is 0.00178. The van der Waals surface area contributed by atoms with Crippen LogP contribution >= 0.6 is 11.6 Å². The molecular formula is C22H24ClFN2O2. The van der Waals surface area contributed by atoms with E-state index in [0.29, 0.717) is 30.5 Å². The van der Waals surface area contributed by atoms with E-state index in [-0.39, 0.29) is 23.6 Å². The van der Waals surface area contributed by atoms with E-state index in [1.54, 1.807) is 18.3 Å². The van der Waals surface area contributed by atoms with Crippen molar-refractivity contribution >= 4 is 23.2 Å². The maximum Gasteiger partial charge on any atom is 0.242 e. The third kappa shape index (κ3) is 4.00. The smallest absolute Gasteiger partial charge is 0.242 e. The van der Waals surface area contributed by atoms with Crippen molar-refractivity contribution < 1.29 is 13.9 Å². The zero-order valence-corrected chi connectivity index (χ0v) is 16.5. The molecule has 1 saturated carbocycles. The Kier molecular flexibility index (Phi) is 5.81. The van der Waals surface area contributed by atoms with Gasteiger partial charge in [-0.3, -0.25) is 9.69 Å². The lowest BCUT2D eigenvalue weighted by Crippen LogP contribution is -2.51. The fraction of sp³-hybridized carbons (Fsp3) is 0.455. The molecule has 0 unspecified atom stereocenters. The molecule has 1 fully saturated rings. The van der Waals surface area contributed by atoms with E-state index >= 15 is 0 Å². The van der Waals surface area contributed by atoms with Crippen molar-refractivity contribution in [3.8, 4) is 5.88 Å². The van der Waals surface area contributed by atoms with Crippen LogP contribution in [0.5, 0.6) is 5.88 Å². The van der Waals surface area contributed by atoms with Gasteiger partial charge in [-0.15, -0.1) is 11.6 Å². The first-order chi connectivity index (χ1) is 13.7. The number of benzene rings is 1. The summed E-state index contributed by atoms with van der Waals surface area (Å²) in [6.45, 7) is 0.463. The average molecular weight is 403 g/mol. The van der Waals surface area contributed by atoms with Crippen molar-refractivity contribution in [2.45, 2.75) is 44.6 Å². The Hall–Kier alpha value is -2.14. The second kappa shape index (κ2) is 8.48. The van der Waals surface area contributed by atoms with Gasteiger partial charge in [0, 0.05) is 6.20 Å². The van der Waals surface area contributed by atoms with Crippen molar-refractivity contribution in [2.75, 3.05) is 17.4 Å². The molecule has 1 aromatic carbocycles. The highest BCUT2D eigenvalue weighted by Crippen LogP contribution is 2.39. The molecule has 6 heteroatoms. The maximum absolute atomic E-state index is 13.2. The SMILES string of the molecule is O=C(CCl)N1c2cc(Cc3ccc(F)cc3)cnc2OC[C@@H]1C1CCCCC1. The zero-order valence-electron chi connectivity index (χ0n) is 15.7. The van der Waals surface area contributed by atoms with Gasteiger partial charge in [-0.2, -0.15) is 0 Å². The van der Waals surface area contributed by atoms with Gasteiger partial charge in [0.1, 0.15) is 24.0 Å². The summed E-state index contributed by atoms with van der Waals surface area (Å²) in [5, 5.41) is 0. The first kappa shape index (κ1) is 19.2. The summed E-state index contributed by atoms with van der Waals surface area (Å²) in [6, 6.07) is 8.39. The van der Waals surface area contributed by atoms with Crippen LogP contribution in [-0.4, -0.2) is 29.4 Å². The van der Waals surface area contributed by atoms with Crippen LogP contribution in [0.3, 0.4) is 0 Å². The number of rotatable bonds is 4. The van der Waals surface area contributed by atoms with Gasteiger partial charge < -0.3 is 4.74 Å². The zero-order chi connectivity index (χ0) is 19.5. The van der Waals surface area contributed by atoms with E-state index in [1.165, 1.54) is 31.4 Å². The summed E-state index contributed by atoms with van der Waals surface area (Å²) in [5.41, 5.74) is 2.64. The van der Waals surface area contributed by atoms with Gasteiger partial charge >= 0.3 is 0 Å². The quantitative estimate of drug-likeness (QED) is 0.694. The number of hydrogen-bond acceptors (Lipinski definition) is 3. The first-order valence-corrected chi connectivity index (χ1v) is 10.4. The number of amides is 1. The molecule has 1 aliphatic carbocycles. The molecule has 28 heavy (non-hydrogen) atoms. The van der Waals surface area contributed by atoms with Crippen LogP contribution in [0.1, 0.15) is 43.2 Å². The number of pyridine rings is 1. The molecule has 1 aliphatic heterocycles. The molecule has 1 atom stereocenters. The van der Waals surface area contributed by atoms with Crippen LogP contribution in [0.15, 0.2) is 36.5 Å². The predicted octanol–water partition coefficient (Wildman–Crippen LogP) is 4.72. The molecule has 0 bridgehead atoms. The maximum atomic E-state index is 13.2. The second-order valence-corrected chi connectivity index (χ2v) is 7.91. The summed E-state index contributed by atoms with van der Waals surface area (Å²) < 4.78 is 19.1. The molecule has 0 radical (unpaired) electrons. The molecule has 148 valence electrons. The molecule has 2 heterocycles. The number of carbonyl (C=O) groups excluding carboxylic acids is 1. The molecule has 1 aromatic heterocycles. The summed E-state index contributed by atoms with van der Waals surface area (Å²) in [6.07, 6.45) is 8.23. The number of ether oxygens (including phenoxy) is 1. The monoisotopic (exact) mass is 402 g/mol. The van der Waals surface area contributed by atoms with Crippen molar-refractivity contribution in [2.24, 2.45) is 5.92 Å². The number of fused-ring (bicyclic) bond motifs is 1. The Balaban J connectivity index is 1.64. The van der Waals surface area contributed by atoms with Gasteiger partial charge in [-0.1, -0.05) is 31.4 Å². The minimum Gasteiger partial charge on any atom is -0.474 e. The van der Waals surface area contributed by atoms with Crippen LogP contribution in [0.4, 0.5) is 10.1 Å². The Morgan fingerprint density at radius 1 is 1.18 bits per heavy atom. The predicted molar refractivity (Wildman–Crippen MR) is 108 cm³/mol. The molecule has 0 spiro atoms. The molecular weight excluding hydrogens is 379 g/mol. The number of anilines is 1. The third-order valence-electron chi connectivity index (χ3n) is 5.77. The van der Waals surface area contributed by atoms with Crippen LogP contribution in [0.2, 0.25) is 0 Å². The molecule has 4 nitrogen and oxygen atoms in total. The average Bonchev–Trinajstić information content (AvgIpc) is 2.74. The van der Waals surface area contributed by atoms with E-state index in [9.17, 15) is 9.18 Å². The number of alkyl halides is 1. The Morgan fingerprint density at radius 3 is 2.64 bits per heavy atom. The number of aromatic nitrogens is 1. The number of halogens is 2. The van der Waals surface area contributed by atoms with Crippen molar-refractivity contribution in [1.29, 1.82) is 0 Å². The molecule has 2 aliphatic rings. The Bertz CT molecular complexity index is 837. The number of carbonyl (C=O) groups is 1. The minimum atomic E-state index is -0.255. The molecule has 0 saturated heterocycles. The van der Waals surface area contributed by atoms with E-state index in [2.05, 4.69) is 4.98 Å². The van der Waals surface area contributed by atoms with Crippen LogP contribution in [-0.2, 0) is 11.2 Å². The van der Waals surface area contributed by atoms with Crippen molar-refractivity contribution in [1.82, 2.24) is 4.98 Å². The Labute approximate surface area is 169 Å². The molecule has 4 rings (SSSR count). The summed E-state index contributed by atoms with van der Waals surface area (Å²) in [4.78, 5) is 19.0. The van der Waals surface area contributed by atoms with Gasteiger partial charge in [0.15, 0.2) is 0 Å². The second-order valence-electron chi connectivity index (χ2n) is 7.64. The van der Waals surface area contributed by atoms with E-state index < -0.39 is 0 Å². The van der Waals surface area contributed by atoms with Crippen LogP contribution in [0.25, 0.3) is 0 Å².